The second-order valence-corrected chi connectivity index (χ2v) is 5.92. The Morgan fingerprint density at radius 3 is 2.38 bits per heavy atom. The first kappa shape index (κ1) is 14.2. The van der Waals surface area contributed by atoms with Crippen LogP contribution < -0.4 is 4.90 Å². The van der Waals surface area contributed by atoms with Crippen molar-refractivity contribution in [2.45, 2.75) is 0 Å². The molecule has 0 atom stereocenters. The van der Waals surface area contributed by atoms with Gasteiger partial charge in [0.2, 0.25) is 0 Å². The number of carbonyl (C=O) groups excluding carboxylic acids is 2. The average molecular weight is 304 g/mol. The average Bonchev–Trinajstić information content (AvgIpc) is 2.76. The van der Waals surface area contributed by atoms with Crippen LogP contribution in [-0.2, 0) is 9.53 Å². The molecule has 0 radical (unpaired) electrons. The van der Waals surface area contributed by atoms with Gasteiger partial charge in [0.15, 0.2) is 0 Å². The normalized spacial score (nSPS) is 21.5. The number of benzene rings is 1. The number of hydrogen-bond acceptors (Lipinski definition) is 5. The summed E-state index contributed by atoms with van der Waals surface area (Å²) in [5.41, 5.74) is 2.07. The SMILES string of the molecule is CN1C(=O)S/C(=C\c2ccc(N3CCOCC3)cc2)C1=O. The molecule has 2 heterocycles. The van der Waals surface area contributed by atoms with Crippen LogP contribution in [0.15, 0.2) is 29.2 Å². The summed E-state index contributed by atoms with van der Waals surface area (Å²) in [6.45, 7) is 3.30. The number of anilines is 1. The first-order valence-electron chi connectivity index (χ1n) is 6.79. The fraction of sp³-hybridized carbons (Fsp3) is 0.333. The zero-order valence-corrected chi connectivity index (χ0v) is 12.6. The lowest BCUT2D eigenvalue weighted by molar-refractivity contribution is -0.121. The quantitative estimate of drug-likeness (QED) is 0.784. The lowest BCUT2D eigenvalue weighted by Gasteiger charge is -2.28. The maximum absolute atomic E-state index is 11.8. The second-order valence-electron chi connectivity index (χ2n) is 4.93. The predicted octanol–water partition coefficient (Wildman–Crippen LogP) is 2.19. The number of hydrogen-bond donors (Lipinski definition) is 0. The van der Waals surface area contributed by atoms with Crippen molar-refractivity contribution in [3.05, 3.63) is 34.7 Å². The van der Waals surface area contributed by atoms with E-state index in [0.717, 1.165) is 54.2 Å². The largest absolute Gasteiger partial charge is 0.378 e. The molecule has 2 saturated heterocycles. The summed E-state index contributed by atoms with van der Waals surface area (Å²) in [6, 6.07) is 8.00. The van der Waals surface area contributed by atoms with Gasteiger partial charge in [0.25, 0.3) is 11.1 Å². The smallest absolute Gasteiger partial charge is 0.293 e. The first-order chi connectivity index (χ1) is 10.1. The molecule has 0 bridgehead atoms. The van der Waals surface area contributed by atoms with Crippen LogP contribution in [0.4, 0.5) is 10.5 Å². The molecule has 2 aliphatic rings. The lowest BCUT2D eigenvalue weighted by Crippen LogP contribution is -2.36. The van der Waals surface area contributed by atoms with E-state index in [9.17, 15) is 9.59 Å². The van der Waals surface area contributed by atoms with Crippen molar-refractivity contribution >= 4 is 34.7 Å². The third-order valence-corrected chi connectivity index (χ3v) is 4.51. The van der Waals surface area contributed by atoms with Crippen molar-refractivity contribution in [2.75, 3.05) is 38.3 Å². The van der Waals surface area contributed by atoms with E-state index in [4.69, 9.17) is 4.74 Å². The third-order valence-electron chi connectivity index (χ3n) is 3.55. The molecule has 0 aliphatic carbocycles. The highest BCUT2D eigenvalue weighted by Crippen LogP contribution is 2.31. The number of carbonyl (C=O) groups is 2. The zero-order valence-electron chi connectivity index (χ0n) is 11.7. The molecular formula is C15H16N2O3S. The number of likely N-dealkylation sites (N-methyl/N-ethyl adjacent to an activating group) is 1. The molecule has 0 saturated carbocycles. The molecule has 0 aromatic heterocycles. The van der Waals surface area contributed by atoms with E-state index in [1.807, 2.05) is 24.3 Å². The fourth-order valence-electron chi connectivity index (χ4n) is 2.30. The molecule has 0 unspecified atom stereocenters. The summed E-state index contributed by atoms with van der Waals surface area (Å²) >= 11 is 0.980. The Morgan fingerprint density at radius 2 is 1.81 bits per heavy atom. The monoisotopic (exact) mass is 304 g/mol. The van der Waals surface area contributed by atoms with E-state index in [2.05, 4.69) is 4.90 Å². The second kappa shape index (κ2) is 5.91. The van der Waals surface area contributed by atoms with Gasteiger partial charge >= 0.3 is 0 Å². The molecule has 0 N–H and O–H groups in total. The Morgan fingerprint density at radius 1 is 1.14 bits per heavy atom. The zero-order chi connectivity index (χ0) is 14.8. The highest BCUT2D eigenvalue weighted by atomic mass is 32.2. The Kier molecular flexibility index (Phi) is 3.98. The minimum atomic E-state index is -0.234. The van der Waals surface area contributed by atoms with E-state index in [-0.39, 0.29) is 11.1 Å². The first-order valence-corrected chi connectivity index (χ1v) is 7.61. The van der Waals surface area contributed by atoms with Gasteiger partial charge in [-0.1, -0.05) is 12.1 Å². The molecule has 1 aromatic rings. The molecule has 6 heteroatoms. The van der Waals surface area contributed by atoms with Crippen LogP contribution in [-0.4, -0.2) is 49.4 Å². The van der Waals surface area contributed by atoms with Crippen LogP contribution in [0.25, 0.3) is 6.08 Å². The van der Waals surface area contributed by atoms with E-state index in [1.165, 1.54) is 7.05 Å². The number of amides is 2. The van der Waals surface area contributed by atoms with E-state index < -0.39 is 0 Å². The van der Waals surface area contributed by atoms with Crippen LogP contribution in [0.5, 0.6) is 0 Å². The summed E-state index contributed by atoms with van der Waals surface area (Å²) < 4.78 is 5.34. The van der Waals surface area contributed by atoms with Crippen LogP contribution in [0.1, 0.15) is 5.56 Å². The van der Waals surface area contributed by atoms with Gasteiger partial charge in [-0.3, -0.25) is 14.5 Å². The summed E-state index contributed by atoms with van der Waals surface area (Å²) in [7, 11) is 1.50. The van der Waals surface area contributed by atoms with Gasteiger partial charge in [0.1, 0.15) is 0 Å². The molecule has 3 rings (SSSR count). The highest BCUT2D eigenvalue weighted by molar-refractivity contribution is 8.18. The van der Waals surface area contributed by atoms with E-state index >= 15 is 0 Å². The van der Waals surface area contributed by atoms with Gasteiger partial charge < -0.3 is 9.64 Å². The maximum Gasteiger partial charge on any atom is 0.293 e. The van der Waals surface area contributed by atoms with Gasteiger partial charge in [-0.05, 0) is 35.5 Å². The topological polar surface area (TPSA) is 49.9 Å². The maximum atomic E-state index is 11.8. The molecular weight excluding hydrogens is 288 g/mol. The Bertz CT molecular complexity index is 591. The van der Waals surface area contributed by atoms with Crippen molar-refractivity contribution in [2.24, 2.45) is 0 Å². The molecule has 110 valence electrons. The summed E-state index contributed by atoms with van der Waals surface area (Å²) in [4.78, 5) is 27.2. The Balaban J connectivity index is 1.75. The number of thioether (sulfide) groups is 1. The minimum absolute atomic E-state index is 0.226. The Hall–Kier alpha value is -1.79. The number of nitrogens with zero attached hydrogens (tertiary/aromatic N) is 2. The summed E-state index contributed by atoms with van der Waals surface area (Å²) in [5.74, 6) is -0.234. The molecule has 0 spiro atoms. The molecule has 2 aliphatic heterocycles. The number of morpholine rings is 1. The number of ether oxygens (including phenoxy) is 1. The fourth-order valence-corrected chi connectivity index (χ4v) is 3.13. The van der Waals surface area contributed by atoms with Crippen LogP contribution in [0.3, 0.4) is 0 Å². The Labute approximate surface area is 127 Å². The van der Waals surface area contributed by atoms with E-state index in [1.54, 1.807) is 6.08 Å². The highest BCUT2D eigenvalue weighted by Gasteiger charge is 2.31. The third kappa shape index (κ3) is 2.96. The summed E-state index contributed by atoms with van der Waals surface area (Å²) in [5, 5.41) is -0.226. The van der Waals surface area contributed by atoms with Gasteiger partial charge in [-0.2, -0.15) is 0 Å². The van der Waals surface area contributed by atoms with Crippen LogP contribution in [0, 0.1) is 0 Å². The van der Waals surface area contributed by atoms with Gasteiger partial charge in [0.05, 0.1) is 18.1 Å². The predicted molar refractivity (Wildman–Crippen MR) is 83.2 cm³/mol. The lowest BCUT2D eigenvalue weighted by atomic mass is 10.1. The molecule has 2 amide bonds. The van der Waals surface area contributed by atoms with Gasteiger partial charge in [-0.15, -0.1) is 0 Å². The molecule has 1 aromatic carbocycles. The van der Waals surface area contributed by atoms with Crippen molar-refractivity contribution in [1.29, 1.82) is 0 Å². The molecule has 5 nitrogen and oxygen atoms in total. The van der Waals surface area contributed by atoms with Crippen LogP contribution in [0.2, 0.25) is 0 Å². The number of imide groups is 1. The van der Waals surface area contributed by atoms with Gasteiger partial charge in [-0.25, -0.2) is 0 Å². The number of rotatable bonds is 2. The standard InChI is InChI=1S/C15H16N2O3S/c1-16-14(18)13(21-15(16)19)10-11-2-4-12(5-3-11)17-6-8-20-9-7-17/h2-5,10H,6-9H2,1H3/b13-10-. The van der Waals surface area contributed by atoms with Crippen molar-refractivity contribution in [1.82, 2.24) is 4.90 Å². The molecule has 21 heavy (non-hydrogen) atoms. The summed E-state index contributed by atoms with van der Waals surface area (Å²) in [6.07, 6.45) is 1.76. The van der Waals surface area contributed by atoms with Crippen LogP contribution >= 0.6 is 11.8 Å². The van der Waals surface area contributed by atoms with Crippen molar-refractivity contribution < 1.29 is 14.3 Å². The molecule has 2 fully saturated rings. The van der Waals surface area contributed by atoms with Gasteiger partial charge in [0, 0.05) is 25.8 Å². The minimum Gasteiger partial charge on any atom is -0.378 e. The van der Waals surface area contributed by atoms with E-state index in [0.29, 0.717) is 4.91 Å². The van der Waals surface area contributed by atoms with Crippen molar-refractivity contribution in [3.63, 3.8) is 0 Å². The van der Waals surface area contributed by atoms with Crippen molar-refractivity contribution in [3.8, 4) is 0 Å².